The lowest BCUT2D eigenvalue weighted by atomic mass is 9.99. The summed E-state index contributed by atoms with van der Waals surface area (Å²) in [5.74, 6) is 0.292. The van der Waals surface area contributed by atoms with E-state index in [1.807, 2.05) is 6.07 Å². The van der Waals surface area contributed by atoms with Gasteiger partial charge in [0, 0.05) is 12.0 Å². The molecule has 0 spiro atoms. The number of hydrogen-bond donors (Lipinski definition) is 0. The molecule has 0 N–H and O–H groups in total. The predicted octanol–water partition coefficient (Wildman–Crippen LogP) is 4.44. The van der Waals surface area contributed by atoms with Crippen molar-refractivity contribution in [3.63, 3.8) is 0 Å². The summed E-state index contributed by atoms with van der Waals surface area (Å²) in [6, 6.07) is 15.0. The maximum Gasteiger partial charge on any atom is 0.163 e. The summed E-state index contributed by atoms with van der Waals surface area (Å²) < 4.78 is 0. The molecule has 0 aromatic heterocycles. The third-order valence-corrected chi connectivity index (χ3v) is 3.85. The second-order valence-electron chi connectivity index (χ2n) is 5.24. The predicted molar refractivity (Wildman–Crippen MR) is 78.5 cm³/mol. The van der Waals surface area contributed by atoms with Crippen LogP contribution in [0.2, 0.25) is 0 Å². The van der Waals surface area contributed by atoms with E-state index in [0.29, 0.717) is 12.2 Å². The Hall–Kier alpha value is -1.89. The fourth-order valence-corrected chi connectivity index (χ4v) is 2.79. The summed E-state index contributed by atoms with van der Waals surface area (Å²) in [6.45, 7) is 2.20. The maximum absolute atomic E-state index is 11.6. The highest BCUT2D eigenvalue weighted by atomic mass is 16.1. The van der Waals surface area contributed by atoms with Crippen LogP contribution in [-0.4, -0.2) is 5.78 Å². The Kier molecular flexibility index (Phi) is 3.20. The van der Waals surface area contributed by atoms with Gasteiger partial charge >= 0.3 is 0 Å². The lowest BCUT2D eigenvalue weighted by molar-refractivity contribution is 0.0994. The highest BCUT2D eigenvalue weighted by Crippen LogP contribution is 2.28. The minimum Gasteiger partial charge on any atom is -0.294 e. The maximum atomic E-state index is 11.6. The van der Waals surface area contributed by atoms with Crippen molar-refractivity contribution in [3.05, 3.63) is 59.2 Å². The molecule has 0 aliphatic heterocycles. The van der Waals surface area contributed by atoms with Crippen LogP contribution in [0.25, 0.3) is 11.1 Å². The second kappa shape index (κ2) is 5.00. The second-order valence-corrected chi connectivity index (χ2v) is 5.24. The van der Waals surface area contributed by atoms with E-state index in [1.54, 1.807) is 0 Å². The molecular formula is C18H18O. The molecule has 1 heteroatoms. The lowest BCUT2D eigenvalue weighted by Crippen LogP contribution is -1.91. The van der Waals surface area contributed by atoms with E-state index < -0.39 is 0 Å². The van der Waals surface area contributed by atoms with Crippen molar-refractivity contribution in [1.29, 1.82) is 0 Å². The fourth-order valence-electron chi connectivity index (χ4n) is 2.79. The van der Waals surface area contributed by atoms with Gasteiger partial charge in [0.1, 0.15) is 0 Å². The van der Waals surface area contributed by atoms with Gasteiger partial charge in [0.25, 0.3) is 0 Å². The van der Waals surface area contributed by atoms with Crippen LogP contribution in [-0.2, 0) is 12.8 Å². The molecule has 0 fully saturated rings. The van der Waals surface area contributed by atoms with Crippen LogP contribution in [0.1, 0.15) is 41.3 Å². The van der Waals surface area contributed by atoms with Crippen molar-refractivity contribution in [2.75, 3.05) is 0 Å². The number of carbonyl (C=O) groups excluding carboxylic acids is 1. The molecule has 0 saturated carbocycles. The summed E-state index contributed by atoms with van der Waals surface area (Å²) in [5, 5.41) is 0. The van der Waals surface area contributed by atoms with E-state index in [0.717, 1.165) is 18.4 Å². The van der Waals surface area contributed by atoms with E-state index in [4.69, 9.17) is 0 Å². The highest BCUT2D eigenvalue weighted by molar-refractivity contribution is 6.00. The highest BCUT2D eigenvalue weighted by Gasteiger charge is 2.19. The number of benzene rings is 2. The van der Waals surface area contributed by atoms with Gasteiger partial charge in [-0.3, -0.25) is 4.79 Å². The Morgan fingerprint density at radius 2 is 1.68 bits per heavy atom. The first-order valence-corrected chi connectivity index (χ1v) is 7.03. The number of aryl methyl sites for hydroxylation is 2. The lowest BCUT2D eigenvalue weighted by Gasteiger charge is -2.06. The molecular weight excluding hydrogens is 232 g/mol. The van der Waals surface area contributed by atoms with Gasteiger partial charge in [0.2, 0.25) is 0 Å². The van der Waals surface area contributed by atoms with E-state index in [9.17, 15) is 4.79 Å². The van der Waals surface area contributed by atoms with Gasteiger partial charge in [-0.1, -0.05) is 55.8 Å². The zero-order valence-electron chi connectivity index (χ0n) is 11.3. The third kappa shape index (κ3) is 2.33. The molecule has 19 heavy (non-hydrogen) atoms. The first kappa shape index (κ1) is 12.2. The van der Waals surface area contributed by atoms with Crippen LogP contribution in [0.3, 0.4) is 0 Å². The minimum atomic E-state index is 0.292. The molecule has 0 bridgehead atoms. The summed E-state index contributed by atoms with van der Waals surface area (Å²) in [6.07, 6.45) is 3.89. The standard InChI is InChI=1S/C18H18O/c1-2-3-13-4-6-14(7-5-13)15-8-10-17-16(12-15)9-11-18(17)19/h4-8,10,12H,2-3,9,11H2,1H3. The molecule has 0 amide bonds. The normalized spacial score (nSPS) is 13.6. The Bertz CT molecular complexity index is 608. The van der Waals surface area contributed by atoms with Gasteiger partial charge in [-0.05, 0) is 35.1 Å². The average molecular weight is 250 g/mol. The third-order valence-electron chi connectivity index (χ3n) is 3.85. The van der Waals surface area contributed by atoms with Crippen LogP contribution in [0.5, 0.6) is 0 Å². The summed E-state index contributed by atoms with van der Waals surface area (Å²) in [7, 11) is 0. The average Bonchev–Trinajstić information content (AvgIpc) is 2.81. The van der Waals surface area contributed by atoms with E-state index in [2.05, 4.69) is 43.3 Å². The molecule has 0 unspecified atom stereocenters. The number of carbonyl (C=O) groups is 1. The Morgan fingerprint density at radius 1 is 0.947 bits per heavy atom. The SMILES string of the molecule is CCCc1ccc(-c2ccc3c(c2)CCC3=O)cc1. The molecule has 0 heterocycles. The molecule has 3 rings (SSSR count). The van der Waals surface area contributed by atoms with Gasteiger partial charge in [0.15, 0.2) is 5.78 Å². The zero-order valence-corrected chi connectivity index (χ0v) is 11.3. The topological polar surface area (TPSA) is 17.1 Å². The van der Waals surface area contributed by atoms with Gasteiger partial charge in [0.05, 0.1) is 0 Å². The number of fused-ring (bicyclic) bond motifs is 1. The van der Waals surface area contributed by atoms with Crippen LogP contribution >= 0.6 is 0 Å². The molecule has 96 valence electrons. The fraction of sp³-hybridized carbons (Fsp3) is 0.278. The Labute approximate surface area is 114 Å². The van der Waals surface area contributed by atoms with Crippen molar-refractivity contribution in [2.24, 2.45) is 0 Å². The number of hydrogen-bond acceptors (Lipinski definition) is 1. The monoisotopic (exact) mass is 250 g/mol. The first-order valence-electron chi connectivity index (χ1n) is 7.03. The van der Waals surface area contributed by atoms with Crippen molar-refractivity contribution < 1.29 is 4.79 Å². The van der Waals surface area contributed by atoms with Crippen molar-refractivity contribution in [2.45, 2.75) is 32.6 Å². The molecule has 1 aliphatic carbocycles. The van der Waals surface area contributed by atoms with Crippen LogP contribution in [0, 0.1) is 0 Å². The summed E-state index contributed by atoms with van der Waals surface area (Å²) in [4.78, 5) is 11.6. The van der Waals surface area contributed by atoms with Crippen LogP contribution < -0.4 is 0 Å². The Balaban J connectivity index is 1.92. The van der Waals surface area contributed by atoms with Crippen molar-refractivity contribution >= 4 is 5.78 Å². The minimum absolute atomic E-state index is 0.292. The number of Topliss-reactive ketones (excluding diaryl/α,β-unsaturated/α-hetero) is 1. The van der Waals surface area contributed by atoms with E-state index in [1.165, 1.54) is 28.7 Å². The van der Waals surface area contributed by atoms with Gasteiger partial charge in [-0.15, -0.1) is 0 Å². The molecule has 2 aromatic rings. The van der Waals surface area contributed by atoms with E-state index in [-0.39, 0.29) is 0 Å². The van der Waals surface area contributed by atoms with Crippen LogP contribution in [0.15, 0.2) is 42.5 Å². The van der Waals surface area contributed by atoms with Crippen molar-refractivity contribution in [1.82, 2.24) is 0 Å². The molecule has 2 aromatic carbocycles. The van der Waals surface area contributed by atoms with E-state index >= 15 is 0 Å². The van der Waals surface area contributed by atoms with Crippen molar-refractivity contribution in [3.8, 4) is 11.1 Å². The Morgan fingerprint density at radius 3 is 2.42 bits per heavy atom. The largest absolute Gasteiger partial charge is 0.294 e. The van der Waals surface area contributed by atoms with Crippen LogP contribution in [0.4, 0.5) is 0 Å². The molecule has 0 atom stereocenters. The first-order chi connectivity index (χ1) is 9.28. The molecule has 0 radical (unpaired) electrons. The molecule has 0 saturated heterocycles. The summed E-state index contributed by atoms with van der Waals surface area (Å²) >= 11 is 0. The molecule has 1 nitrogen and oxygen atoms in total. The quantitative estimate of drug-likeness (QED) is 0.787. The van der Waals surface area contributed by atoms with Gasteiger partial charge in [-0.2, -0.15) is 0 Å². The van der Waals surface area contributed by atoms with Gasteiger partial charge < -0.3 is 0 Å². The molecule has 1 aliphatic rings. The smallest absolute Gasteiger partial charge is 0.163 e. The number of rotatable bonds is 3. The number of ketones is 1. The zero-order chi connectivity index (χ0) is 13.2. The van der Waals surface area contributed by atoms with Gasteiger partial charge in [-0.25, -0.2) is 0 Å². The summed E-state index contributed by atoms with van der Waals surface area (Å²) in [5.41, 5.74) is 5.98.